The summed E-state index contributed by atoms with van der Waals surface area (Å²) in [6.45, 7) is 0. The minimum absolute atomic E-state index is 0.125. The first-order chi connectivity index (χ1) is 12.3. The SMILES string of the molecule is O=C(c1cc(-c2ccco2)on1)N(c1ccccc1)C1CCCCC1. The Morgan fingerprint density at radius 1 is 1.00 bits per heavy atom. The summed E-state index contributed by atoms with van der Waals surface area (Å²) >= 11 is 0. The van der Waals surface area contributed by atoms with Gasteiger partial charge in [-0.2, -0.15) is 0 Å². The highest BCUT2D eigenvalue weighted by atomic mass is 16.5. The largest absolute Gasteiger partial charge is 0.461 e. The Bertz CT molecular complexity index is 818. The number of anilines is 1. The summed E-state index contributed by atoms with van der Waals surface area (Å²) in [5, 5.41) is 3.99. The van der Waals surface area contributed by atoms with E-state index in [2.05, 4.69) is 5.16 Å². The molecule has 0 bridgehead atoms. The van der Waals surface area contributed by atoms with E-state index in [0.717, 1.165) is 31.4 Å². The van der Waals surface area contributed by atoms with Crippen molar-refractivity contribution in [2.45, 2.75) is 38.1 Å². The van der Waals surface area contributed by atoms with Gasteiger partial charge in [-0.25, -0.2) is 0 Å². The van der Waals surface area contributed by atoms with Crippen LogP contribution < -0.4 is 4.90 Å². The molecule has 4 rings (SSSR count). The minimum Gasteiger partial charge on any atom is -0.461 e. The quantitative estimate of drug-likeness (QED) is 0.679. The van der Waals surface area contributed by atoms with E-state index in [4.69, 9.17) is 8.94 Å². The number of carbonyl (C=O) groups excluding carboxylic acids is 1. The highest BCUT2D eigenvalue weighted by molar-refractivity contribution is 6.05. The van der Waals surface area contributed by atoms with Gasteiger partial charge >= 0.3 is 0 Å². The molecule has 0 N–H and O–H groups in total. The van der Waals surface area contributed by atoms with Crippen molar-refractivity contribution in [2.75, 3.05) is 4.90 Å². The molecule has 1 fully saturated rings. The Balaban J connectivity index is 1.65. The zero-order valence-corrected chi connectivity index (χ0v) is 13.9. The van der Waals surface area contributed by atoms with Crippen LogP contribution >= 0.6 is 0 Å². The number of carbonyl (C=O) groups is 1. The number of para-hydroxylation sites is 1. The van der Waals surface area contributed by atoms with Gasteiger partial charge < -0.3 is 13.8 Å². The van der Waals surface area contributed by atoms with Crippen molar-refractivity contribution in [1.29, 1.82) is 0 Å². The number of hydrogen-bond donors (Lipinski definition) is 0. The molecule has 5 heteroatoms. The van der Waals surface area contributed by atoms with Crippen LogP contribution in [0.25, 0.3) is 11.5 Å². The van der Waals surface area contributed by atoms with Crippen LogP contribution in [0, 0.1) is 0 Å². The lowest BCUT2D eigenvalue weighted by Crippen LogP contribution is -2.41. The summed E-state index contributed by atoms with van der Waals surface area (Å²) in [4.78, 5) is 15.1. The van der Waals surface area contributed by atoms with E-state index in [0.29, 0.717) is 17.2 Å². The van der Waals surface area contributed by atoms with Gasteiger partial charge in [-0.05, 0) is 37.1 Å². The maximum atomic E-state index is 13.2. The highest BCUT2D eigenvalue weighted by Crippen LogP contribution is 2.29. The average molecular weight is 336 g/mol. The van der Waals surface area contributed by atoms with Crippen molar-refractivity contribution >= 4 is 11.6 Å². The van der Waals surface area contributed by atoms with Crippen LogP contribution in [0.15, 0.2) is 63.7 Å². The first kappa shape index (κ1) is 15.7. The van der Waals surface area contributed by atoms with Crippen LogP contribution in [-0.4, -0.2) is 17.1 Å². The molecule has 2 heterocycles. The molecule has 0 unspecified atom stereocenters. The van der Waals surface area contributed by atoms with Crippen LogP contribution in [-0.2, 0) is 0 Å². The Kier molecular flexibility index (Phi) is 4.37. The van der Waals surface area contributed by atoms with Crippen LogP contribution in [0.4, 0.5) is 5.69 Å². The summed E-state index contributed by atoms with van der Waals surface area (Å²) in [6.07, 6.45) is 7.14. The van der Waals surface area contributed by atoms with Gasteiger partial charge in [-0.3, -0.25) is 4.79 Å². The van der Waals surface area contributed by atoms with E-state index < -0.39 is 0 Å². The number of rotatable bonds is 4. The topological polar surface area (TPSA) is 59.5 Å². The Labute approximate surface area is 146 Å². The van der Waals surface area contributed by atoms with Crippen LogP contribution in [0.2, 0.25) is 0 Å². The normalized spacial score (nSPS) is 15.2. The number of aromatic nitrogens is 1. The fourth-order valence-electron chi connectivity index (χ4n) is 3.46. The van der Waals surface area contributed by atoms with Crippen molar-refractivity contribution in [1.82, 2.24) is 5.16 Å². The zero-order valence-electron chi connectivity index (χ0n) is 13.9. The molecule has 2 aromatic heterocycles. The number of hydrogen-bond acceptors (Lipinski definition) is 4. The van der Waals surface area contributed by atoms with Gasteiger partial charge in [0.05, 0.1) is 6.26 Å². The lowest BCUT2D eigenvalue weighted by atomic mass is 9.93. The maximum Gasteiger partial charge on any atom is 0.280 e. The van der Waals surface area contributed by atoms with Crippen molar-refractivity contribution in [2.24, 2.45) is 0 Å². The van der Waals surface area contributed by atoms with Gasteiger partial charge in [0.15, 0.2) is 11.5 Å². The molecule has 1 aromatic carbocycles. The van der Waals surface area contributed by atoms with Crippen molar-refractivity contribution in [3.63, 3.8) is 0 Å². The molecule has 1 saturated carbocycles. The third-order valence-electron chi connectivity index (χ3n) is 4.69. The summed E-state index contributed by atoms with van der Waals surface area (Å²) in [5.41, 5.74) is 1.21. The fraction of sp³-hybridized carbons (Fsp3) is 0.300. The van der Waals surface area contributed by atoms with E-state index >= 15 is 0 Å². The van der Waals surface area contributed by atoms with Crippen LogP contribution in [0.3, 0.4) is 0 Å². The van der Waals surface area contributed by atoms with E-state index in [1.807, 2.05) is 35.2 Å². The molecule has 25 heavy (non-hydrogen) atoms. The summed E-state index contributed by atoms with van der Waals surface area (Å²) < 4.78 is 10.6. The standard InChI is InChI=1S/C20H20N2O3/c23-20(17-14-19(25-21-17)18-12-7-13-24-18)22(15-8-3-1-4-9-15)16-10-5-2-6-11-16/h1,3-4,7-9,12-14,16H,2,5-6,10-11H2. The summed E-state index contributed by atoms with van der Waals surface area (Å²) in [6, 6.07) is 15.2. The van der Waals surface area contributed by atoms with Crippen LogP contribution in [0.5, 0.6) is 0 Å². The Morgan fingerprint density at radius 3 is 2.52 bits per heavy atom. The van der Waals surface area contributed by atoms with Gasteiger partial charge in [0.2, 0.25) is 5.76 Å². The lowest BCUT2D eigenvalue weighted by molar-refractivity contribution is 0.0962. The second-order valence-corrected chi connectivity index (χ2v) is 6.36. The van der Waals surface area contributed by atoms with Gasteiger partial charge in [0.1, 0.15) is 0 Å². The molecule has 1 aliphatic carbocycles. The molecule has 0 radical (unpaired) electrons. The van der Waals surface area contributed by atoms with Gasteiger partial charge in [0.25, 0.3) is 5.91 Å². The molecule has 0 atom stereocenters. The highest BCUT2D eigenvalue weighted by Gasteiger charge is 2.29. The number of furan rings is 1. The predicted molar refractivity (Wildman–Crippen MR) is 94.3 cm³/mol. The van der Waals surface area contributed by atoms with E-state index in [9.17, 15) is 4.79 Å². The number of nitrogens with zero attached hydrogens (tertiary/aromatic N) is 2. The molecule has 0 spiro atoms. The minimum atomic E-state index is -0.125. The molecule has 5 nitrogen and oxygen atoms in total. The third-order valence-corrected chi connectivity index (χ3v) is 4.69. The molecule has 1 amide bonds. The molecule has 0 saturated heterocycles. The first-order valence-electron chi connectivity index (χ1n) is 8.72. The second kappa shape index (κ2) is 6.97. The monoisotopic (exact) mass is 336 g/mol. The molecular formula is C20H20N2O3. The molecule has 0 aliphatic heterocycles. The van der Waals surface area contributed by atoms with Crippen LogP contribution in [0.1, 0.15) is 42.6 Å². The van der Waals surface area contributed by atoms with E-state index in [1.54, 1.807) is 24.5 Å². The fourth-order valence-corrected chi connectivity index (χ4v) is 3.46. The molecular weight excluding hydrogens is 316 g/mol. The first-order valence-corrected chi connectivity index (χ1v) is 8.72. The lowest BCUT2D eigenvalue weighted by Gasteiger charge is -2.33. The predicted octanol–water partition coefficient (Wildman–Crippen LogP) is 4.91. The Morgan fingerprint density at radius 2 is 1.80 bits per heavy atom. The summed E-state index contributed by atoms with van der Waals surface area (Å²) in [5.74, 6) is 0.903. The molecule has 3 aromatic rings. The van der Waals surface area contributed by atoms with E-state index in [1.165, 1.54) is 6.42 Å². The maximum absolute atomic E-state index is 13.2. The Hall–Kier alpha value is -2.82. The van der Waals surface area contributed by atoms with Gasteiger partial charge in [-0.15, -0.1) is 0 Å². The third kappa shape index (κ3) is 3.22. The van der Waals surface area contributed by atoms with E-state index in [-0.39, 0.29) is 11.9 Å². The van der Waals surface area contributed by atoms with Gasteiger partial charge in [0, 0.05) is 17.8 Å². The van der Waals surface area contributed by atoms with Crippen molar-refractivity contribution in [3.8, 4) is 11.5 Å². The van der Waals surface area contributed by atoms with Crippen molar-refractivity contribution < 1.29 is 13.7 Å². The molecule has 128 valence electrons. The number of benzene rings is 1. The van der Waals surface area contributed by atoms with Crippen molar-refractivity contribution in [3.05, 3.63) is 60.5 Å². The number of amides is 1. The van der Waals surface area contributed by atoms with Gasteiger partial charge in [-0.1, -0.05) is 42.6 Å². The average Bonchev–Trinajstić information content (AvgIpc) is 3.35. The smallest absolute Gasteiger partial charge is 0.280 e. The summed E-state index contributed by atoms with van der Waals surface area (Å²) in [7, 11) is 0. The zero-order chi connectivity index (χ0) is 17.1. The second-order valence-electron chi connectivity index (χ2n) is 6.36. The molecule has 1 aliphatic rings.